The maximum absolute atomic E-state index is 12.5. The molecule has 380 valence electrons. The summed E-state index contributed by atoms with van der Waals surface area (Å²) >= 11 is 0. The Hall–Kier alpha value is -7.34. The molecule has 0 saturated heterocycles. The summed E-state index contributed by atoms with van der Waals surface area (Å²) < 4.78 is 43.7. The Morgan fingerprint density at radius 1 is 0.375 bits per heavy atom. The van der Waals surface area contributed by atoms with E-state index in [9.17, 15) is 19.2 Å². The molecule has 0 aromatic heterocycles. The quantitative estimate of drug-likeness (QED) is 0.0538. The molecule has 0 saturated carbocycles. The normalized spacial score (nSPS) is 15.0. The van der Waals surface area contributed by atoms with Crippen LogP contribution in [0.4, 0.5) is 19.2 Å². The molecule has 5 aromatic rings. The average molecular weight is 981 g/mol. The molecule has 0 bridgehead atoms. The van der Waals surface area contributed by atoms with Gasteiger partial charge in [-0.3, -0.25) is 0 Å². The van der Waals surface area contributed by atoms with Crippen molar-refractivity contribution in [2.75, 3.05) is 0 Å². The van der Waals surface area contributed by atoms with Gasteiger partial charge in [0.15, 0.2) is 0 Å². The molecule has 6 rings (SSSR count). The third-order valence-corrected chi connectivity index (χ3v) is 11.6. The highest BCUT2D eigenvalue weighted by Gasteiger charge is 2.35. The van der Waals surface area contributed by atoms with Gasteiger partial charge in [-0.05, 0) is 184 Å². The molecule has 1 aliphatic rings. The van der Waals surface area contributed by atoms with Crippen molar-refractivity contribution in [3.05, 3.63) is 173 Å². The van der Waals surface area contributed by atoms with Crippen LogP contribution in [0.5, 0.6) is 17.2 Å². The van der Waals surface area contributed by atoms with Crippen LogP contribution in [0.15, 0.2) is 145 Å². The molecule has 12 heteroatoms. The molecule has 1 aliphatic carbocycles. The largest absolute Gasteiger partial charge is 0.514 e. The Morgan fingerprint density at radius 2 is 0.653 bits per heavy atom. The van der Waals surface area contributed by atoms with E-state index in [1.807, 2.05) is 48.6 Å². The van der Waals surface area contributed by atoms with Crippen molar-refractivity contribution in [3.63, 3.8) is 0 Å². The molecule has 0 fully saturated rings. The Morgan fingerprint density at radius 3 is 0.931 bits per heavy atom. The Bertz CT molecular complexity index is 2680. The summed E-state index contributed by atoms with van der Waals surface area (Å²) in [6.45, 7) is 25.6. The van der Waals surface area contributed by atoms with Crippen molar-refractivity contribution < 1.29 is 57.1 Å². The van der Waals surface area contributed by atoms with Gasteiger partial charge in [0.05, 0.1) is 0 Å². The van der Waals surface area contributed by atoms with Crippen LogP contribution in [0.25, 0.3) is 11.1 Å². The van der Waals surface area contributed by atoms with Crippen LogP contribution in [0, 0.1) is 0 Å². The van der Waals surface area contributed by atoms with E-state index in [0.717, 1.165) is 44.5 Å². The highest BCUT2D eigenvalue weighted by atomic mass is 16.8. The monoisotopic (exact) mass is 980 g/mol. The maximum atomic E-state index is 12.5. The minimum atomic E-state index is -0.795. The molecule has 5 aromatic carbocycles. The molecular weight excluding hydrogens is 913 g/mol. The fraction of sp³-hybridized carbons (Fsp3) is 0.367. The summed E-state index contributed by atoms with van der Waals surface area (Å²) in [6.07, 6.45) is 2.77. The van der Waals surface area contributed by atoms with Crippen LogP contribution >= 0.6 is 0 Å². The van der Waals surface area contributed by atoms with Crippen LogP contribution in [0.1, 0.15) is 131 Å². The fourth-order valence-electron chi connectivity index (χ4n) is 8.12. The van der Waals surface area contributed by atoms with E-state index in [-0.39, 0.29) is 0 Å². The van der Waals surface area contributed by atoms with Gasteiger partial charge in [-0.15, -0.1) is 0 Å². The summed E-state index contributed by atoms with van der Waals surface area (Å²) in [5, 5.41) is 0. The van der Waals surface area contributed by atoms with Gasteiger partial charge in [-0.1, -0.05) is 97.1 Å². The first kappa shape index (κ1) is 54.0. The molecule has 12 nitrogen and oxygen atoms in total. The van der Waals surface area contributed by atoms with Crippen LogP contribution in [0.2, 0.25) is 0 Å². The van der Waals surface area contributed by atoms with E-state index in [1.165, 1.54) is 0 Å². The minimum Gasteiger partial charge on any atom is -0.429 e. The molecule has 72 heavy (non-hydrogen) atoms. The first-order valence-corrected chi connectivity index (χ1v) is 24.0. The van der Waals surface area contributed by atoms with Gasteiger partial charge in [0.2, 0.25) is 0 Å². The second-order valence-electron chi connectivity index (χ2n) is 22.1. The third-order valence-electron chi connectivity index (χ3n) is 11.6. The van der Waals surface area contributed by atoms with Crippen molar-refractivity contribution in [2.45, 2.75) is 143 Å². The van der Waals surface area contributed by atoms with Gasteiger partial charge in [-0.2, -0.15) is 0 Å². The number of rotatable bonds is 11. The number of hydrogen-bond donors (Lipinski definition) is 0. The fourth-order valence-corrected chi connectivity index (χ4v) is 8.12. The maximum Gasteiger partial charge on any atom is 0.514 e. The number of carbonyl (C=O) groups is 4. The number of carbonyl (C=O) groups excluding carboxylic acids is 4. The van der Waals surface area contributed by atoms with Crippen molar-refractivity contribution in [1.82, 2.24) is 0 Å². The lowest BCUT2D eigenvalue weighted by Gasteiger charge is -2.35. The number of benzene rings is 5. The zero-order valence-electron chi connectivity index (χ0n) is 44.0. The lowest BCUT2D eigenvalue weighted by molar-refractivity contribution is -0.0181. The predicted octanol–water partition coefficient (Wildman–Crippen LogP) is 15.2. The second-order valence-corrected chi connectivity index (χ2v) is 22.1. The van der Waals surface area contributed by atoms with E-state index in [1.54, 1.807) is 119 Å². The van der Waals surface area contributed by atoms with E-state index < -0.39 is 64.0 Å². The molecule has 0 N–H and O–H groups in total. The summed E-state index contributed by atoms with van der Waals surface area (Å²) in [5.41, 5.74) is 3.45. The molecule has 0 spiro atoms. The van der Waals surface area contributed by atoms with E-state index in [0.29, 0.717) is 23.7 Å². The van der Waals surface area contributed by atoms with Gasteiger partial charge in [0.1, 0.15) is 45.8 Å². The van der Waals surface area contributed by atoms with Gasteiger partial charge < -0.3 is 37.9 Å². The Labute approximate surface area is 424 Å². The van der Waals surface area contributed by atoms with Crippen molar-refractivity contribution in [2.24, 2.45) is 0 Å². The first-order valence-electron chi connectivity index (χ1n) is 24.0. The van der Waals surface area contributed by atoms with Crippen molar-refractivity contribution in [1.29, 1.82) is 0 Å². The molecule has 0 heterocycles. The number of ether oxygens (including phenoxy) is 8. The zero-order chi connectivity index (χ0) is 52.9. The molecule has 0 radical (unpaired) electrons. The first-order chi connectivity index (χ1) is 33.5. The zero-order valence-corrected chi connectivity index (χ0v) is 44.0. The van der Waals surface area contributed by atoms with Crippen LogP contribution < -0.4 is 14.2 Å². The topological polar surface area (TPSA) is 142 Å². The predicted molar refractivity (Wildman–Crippen MR) is 277 cm³/mol. The van der Waals surface area contributed by atoms with Gasteiger partial charge >= 0.3 is 24.6 Å². The van der Waals surface area contributed by atoms with Crippen LogP contribution in [-0.2, 0) is 34.5 Å². The standard InChI is InChI=1S/C60H68O12/c1-55(2,3)69-51(61)65-47-31-23-43(24-32-47)59(13,44-25-33-48(34-26-44)66-52(62)70-56(4,5)6)41-19-15-39(16-20-41)40-17-21-42(22-18-40)60(14,45-27-35-49(36-28-45)67-53(63)71-57(7,8)9)46-29-37-50(38-30-46)68-54(64)72-58(10,11)12/h15-37,50H,38H2,1-14H3. The lowest BCUT2D eigenvalue weighted by Crippen LogP contribution is -2.30. The van der Waals surface area contributed by atoms with Crippen molar-refractivity contribution in [3.8, 4) is 28.4 Å². The summed E-state index contributed by atoms with van der Waals surface area (Å²) in [4.78, 5) is 50.1. The lowest BCUT2D eigenvalue weighted by atomic mass is 9.69. The van der Waals surface area contributed by atoms with Crippen molar-refractivity contribution >= 4 is 24.6 Å². The number of hydrogen-bond acceptors (Lipinski definition) is 12. The summed E-state index contributed by atoms with van der Waals surface area (Å²) in [5.74, 6) is 1.02. The van der Waals surface area contributed by atoms with E-state index >= 15 is 0 Å². The van der Waals surface area contributed by atoms with Gasteiger partial charge in [0, 0.05) is 17.3 Å². The molecular formula is C60H68O12. The second kappa shape index (κ2) is 21.2. The Kier molecular flexibility index (Phi) is 15.9. The molecule has 2 unspecified atom stereocenters. The van der Waals surface area contributed by atoms with Gasteiger partial charge in [0.25, 0.3) is 0 Å². The third kappa shape index (κ3) is 14.4. The summed E-state index contributed by atoms with van der Waals surface area (Å²) in [7, 11) is 0. The van der Waals surface area contributed by atoms with E-state index in [2.05, 4.69) is 68.5 Å². The minimum absolute atomic E-state index is 0.336. The molecule has 2 atom stereocenters. The molecule has 0 aliphatic heterocycles. The van der Waals surface area contributed by atoms with Crippen LogP contribution in [-0.4, -0.2) is 53.1 Å². The van der Waals surface area contributed by atoms with Gasteiger partial charge in [-0.25, -0.2) is 19.2 Å². The SMILES string of the molecule is CC(C)(C)OC(=O)Oc1ccc(C(C)(C2=CCC(OC(=O)OC(C)(C)C)C=C2)c2ccc(-c3ccc(C(C)(c4ccc(OC(=O)OC(C)(C)C)cc4)c4ccc(OC(=O)OC(C)(C)C)cc4)cc3)cc2)cc1. The number of allylic oxidation sites excluding steroid dienone is 2. The highest BCUT2D eigenvalue weighted by molar-refractivity contribution is 5.69. The van der Waals surface area contributed by atoms with E-state index in [4.69, 9.17) is 37.9 Å². The average Bonchev–Trinajstić information content (AvgIpc) is 3.27. The van der Waals surface area contributed by atoms with Crippen LogP contribution in [0.3, 0.4) is 0 Å². The highest BCUT2D eigenvalue weighted by Crippen LogP contribution is 2.44. The summed E-state index contributed by atoms with van der Waals surface area (Å²) in [6, 6.07) is 38.8. The Balaban J connectivity index is 1.31. The smallest absolute Gasteiger partial charge is 0.429 e. The molecule has 0 amide bonds.